The SMILES string of the molecule is COc1cc(C)c(C(C)C(=O)N(C)N)cc1C(C)C. The van der Waals surface area contributed by atoms with Gasteiger partial charge in [0.2, 0.25) is 5.91 Å². The van der Waals surface area contributed by atoms with E-state index in [1.807, 2.05) is 19.9 Å². The van der Waals surface area contributed by atoms with E-state index in [4.69, 9.17) is 10.6 Å². The molecule has 4 nitrogen and oxygen atoms in total. The smallest absolute Gasteiger partial charge is 0.243 e. The van der Waals surface area contributed by atoms with Crippen molar-refractivity contribution in [3.63, 3.8) is 0 Å². The van der Waals surface area contributed by atoms with Crippen LogP contribution in [0.2, 0.25) is 0 Å². The van der Waals surface area contributed by atoms with Crippen LogP contribution in [0.3, 0.4) is 0 Å². The molecule has 0 spiro atoms. The third-order valence-electron chi connectivity index (χ3n) is 3.42. The van der Waals surface area contributed by atoms with Gasteiger partial charge in [-0.15, -0.1) is 0 Å². The van der Waals surface area contributed by atoms with Crippen molar-refractivity contribution in [2.75, 3.05) is 14.2 Å². The van der Waals surface area contributed by atoms with Gasteiger partial charge >= 0.3 is 0 Å². The van der Waals surface area contributed by atoms with Gasteiger partial charge in [0.1, 0.15) is 5.75 Å². The van der Waals surface area contributed by atoms with Gasteiger partial charge in [0.05, 0.1) is 13.0 Å². The Labute approximate surface area is 115 Å². The lowest BCUT2D eigenvalue weighted by Gasteiger charge is -2.21. The van der Waals surface area contributed by atoms with Gasteiger partial charge in [-0.05, 0) is 42.5 Å². The summed E-state index contributed by atoms with van der Waals surface area (Å²) in [6.07, 6.45) is 0. The monoisotopic (exact) mass is 264 g/mol. The van der Waals surface area contributed by atoms with E-state index in [9.17, 15) is 4.79 Å². The number of carbonyl (C=O) groups is 1. The molecule has 0 aromatic heterocycles. The molecule has 2 N–H and O–H groups in total. The van der Waals surface area contributed by atoms with Gasteiger partial charge in [-0.3, -0.25) is 9.80 Å². The number of nitrogens with zero attached hydrogens (tertiary/aromatic N) is 1. The van der Waals surface area contributed by atoms with E-state index in [1.165, 1.54) is 0 Å². The van der Waals surface area contributed by atoms with E-state index in [0.717, 1.165) is 27.4 Å². The molecule has 0 aliphatic rings. The number of benzene rings is 1. The fourth-order valence-corrected chi connectivity index (χ4v) is 2.25. The number of methoxy groups -OCH3 is 1. The highest BCUT2D eigenvalue weighted by molar-refractivity contribution is 5.83. The Morgan fingerprint density at radius 1 is 1.26 bits per heavy atom. The summed E-state index contributed by atoms with van der Waals surface area (Å²) in [6, 6.07) is 4.05. The van der Waals surface area contributed by atoms with E-state index >= 15 is 0 Å². The average molecular weight is 264 g/mol. The molecule has 1 rings (SSSR count). The molecule has 1 unspecified atom stereocenters. The first-order valence-corrected chi connectivity index (χ1v) is 6.50. The van der Waals surface area contributed by atoms with Crippen molar-refractivity contribution in [1.82, 2.24) is 5.01 Å². The number of nitrogens with two attached hydrogens (primary N) is 1. The largest absolute Gasteiger partial charge is 0.496 e. The molecule has 4 heteroatoms. The first kappa shape index (κ1) is 15.5. The number of hydrogen-bond donors (Lipinski definition) is 1. The Hall–Kier alpha value is -1.55. The van der Waals surface area contributed by atoms with Crippen LogP contribution in [0.5, 0.6) is 5.75 Å². The highest BCUT2D eigenvalue weighted by atomic mass is 16.5. The molecule has 0 aliphatic carbocycles. The first-order valence-electron chi connectivity index (χ1n) is 6.50. The van der Waals surface area contributed by atoms with Crippen LogP contribution in [0.4, 0.5) is 0 Å². The lowest BCUT2D eigenvalue weighted by atomic mass is 9.90. The molecule has 0 radical (unpaired) electrons. The molecule has 0 saturated heterocycles. The molecule has 0 saturated carbocycles. The number of amides is 1. The molecule has 1 aromatic rings. The Kier molecular flexibility index (Phi) is 4.95. The van der Waals surface area contributed by atoms with Crippen LogP contribution in [-0.2, 0) is 4.79 Å². The number of rotatable bonds is 4. The molecule has 1 amide bonds. The van der Waals surface area contributed by atoms with Crippen LogP contribution in [0.25, 0.3) is 0 Å². The molecule has 19 heavy (non-hydrogen) atoms. The Morgan fingerprint density at radius 3 is 2.26 bits per heavy atom. The maximum absolute atomic E-state index is 12.0. The molecule has 1 aromatic carbocycles. The van der Waals surface area contributed by atoms with Crippen LogP contribution in [0, 0.1) is 6.92 Å². The quantitative estimate of drug-likeness (QED) is 0.516. The second-order valence-electron chi connectivity index (χ2n) is 5.28. The fraction of sp³-hybridized carbons (Fsp3) is 0.533. The summed E-state index contributed by atoms with van der Waals surface area (Å²) < 4.78 is 5.41. The standard InChI is InChI=1S/C15H24N2O2/c1-9(2)12-8-13(10(3)7-14(12)19-6)11(4)15(18)17(5)16/h7-9,11H,16H2,1-6H3. The normalized spacial score (nSPS) is 12.4. The fourth-order valence-electron chi connectivity index (χ4n) is 2.25. The molecule has 0 fully saturated rings. The number of carbonyl (C=O) groups excluding carboxylic acids is 1. The Balaban J connectivity index is 3.29. The van der Waals surface area contributed by atoms with E-state index in [2.05, 4.69) is 19.9 Å². The molecular formula is C15H24N2O2. The summed E-state index contributed by atoms with van der Waals surface area (Å²) in [5, 5.41) is 1.14. The van der Waals surface area contributed by atoms with Gasteiger partial charge in [0.15, 0.2) is 0 Å². The number of aryl methyl sites for hydroxylation is 1. The van der Waals surface area contributed by atoms with E-state index in [1.54, 1.807) is 14.2 Å². The Bertz CT molecular complexity index is 467. The topological polar surface area (TPSA) is 55.6 Å². The highest BCUT2D eigenvalue weighted by Crippen LogP contribution is 2.32. The van der Waals surface area contributed by atoms with Gasteiger partial charge in [-0.2, -0.15) is 0 Å². The number of hydrazine groups is 1. The predicted octanol–water partition coefficient (Wildman–Crippen LogP) is 2.56. The number of hydrogen-bond acceptors (Lipinski definition) is 3. The zero-order valence-corrected chi connectivity index (χ0v) is 12.7. The lowest BCUT2D eigenvalue weighted by Crippen LogP contribution is -2.36. The summed E-state index contributed by atoms with van der Waals surface area (Å²) in [5.74, 6) is 6.40. The van der Waals surface area contributed by atoms with Crippen molar-refractivity contribution in [2.24, 2.45) is 5.84 Å². The summed E-state index contributed by atoms with van der Waals surface area (Å²) in [5.41, 5.74) is 3.16. The molecule has 0 bridgehead atoms. The van der Waals surface area contributed by atoms with Gasteiger partial charge in [0, 0.05) is 7.05 Å². The summed E-state index contributed by atoms with van der Waals surface area (Å²) in [7, 11) is 3.24. The maximum atomic E-state index is 12.0. The predicted molar refractivity (Wildman–Crippen MR) is 77.2 cm³/mol. The van der Waals surface area contributed by atoms with E-state index < -0.39 is 0 Å². The summed E-state index contributed by atoms with van der Waals surface area (Å²) >= 11 is 0. The van der Waals surface area contributed by atoms with Gasteiger partial charge in [0.25, 0.3) is 0 Å². The minimum absolute atomic E-state index is 0.0945. The number of likely N-dealkylation sites (N-methyl/N-ethyl adjacent to an activating group) is 1. The first-order chi connectivity index (χ1) is 8.79. The molecular weight excluding hydrogens is 240 g/mol. The maximum Gasteiger partial charge on any atom is 0.243 e. The molecule has 0 aliphatic heterocycles. The number of ether oxygens (including phenoxy) is 1. The highest BCUT2D eigenvalue weighted by Gasteiger charge is 2.21. The second-order valence-corrected chi connectivity index (χ2v) is 5.28. The second kappa shape index (κ2) is 6.06. The molecule has 0 heterocycles. The zero-order valence-electron chi connectivity index (χ0n) is 12.7. The Morgan fingerprint density at radius 2 is 1.84 bits per heavy atom. The van der Waals surface area contributed by atoms with Crippen molar-refractivity contribution in [3.05, 3.63) is 28.8 Å². The third-order valence-corrected chi connectivity index (χ3v) is 3.42. The van der Waals surface area contributed by atoms with Gasteiger partial charge in [-0.25, -0.2) is 5.84 Å². The van der Waals surface area contributed by atoms with E-state index in [0.29, 0.717) is 5.92 Å². The van der Waals surface area contributed by atoms with Crippen LogP contribution in [0.15, 0.2) is 12.1 Å². The zero-order chi connectivity index (χ0) is 14.7. The van der Waals surface area contributed by atoms with Crippen molar-refractivity contribution < 1.29 is 9.53 Å². The van der Waals surface area contributed by atoms with E-state index in [-0.39, 0.29) is 11.8 Å². The molecule has 1 atom stereocenters. The minimum atomic E-state index is -0.251. The summed E-state index contributed by atoms with van der Waals surface area (Å²) in [4.78, 5) is 12.0. The van der Waals surface area contributed by atoms with Crippen LogP contribution < -0.4 is 10.6 Å². The average Bonchev–Trinajstić information content (AvgIpc) is 2.35. The van der Waals surface area contributed by atoms with Gasteiger partial charge < -0.3 is 4.74 Å². The lowest BCUT2D eigenvalue weighted by molar-refractivity contribution is -0.131. The van der Waals surface area contributed by atoms with Crippen molar-refractivity contribution >= 4 is 5.91 Å². The van der Waals surface area contributed by atoms with Gasteiger partial charge in [-0.1, -0.05) is 19.9 Å². The van der Waals surface area contributed by atoms with Crippen molar-refractivity contribution in [2.45, 2.75) is 39.5 Å². The third kappa shape index (κ3) is 3.26. The minimum Gasteiger partial charge on any atom is -0.496 e. The summed E-state index contributed by atoms with van der Waals surface area (Å²) in [6.45, 7) is 8.09. The molecule has 106 valence electrons. The van der Waals surface area contributed by atoms with Crippen LogP contribution in [0.1, 0.15) is 49.3 Å². The van der Waals surface area contributed by atoms with Crippen molar-refractivity contribution in [3.8, 4) is 5.75 Å². The van der Waals surface area contributed by atoms with Crippen LogP contribution >= 0.6 is 0 Å². The van der Waals surface area contributed by atoms with Crippen LogP contribution in [-0.4, -0.2) is 25.1 Å². The van der Waals surface area contributed by atoms with Crippen molar-refractivity contribution in [1.29, 1.82) is 0 Å².